The molecule has 2 aromatic heterocycles. The number of benzene rings is 1. The number of carbonyl (C=O) groups is 2. The Morgan fingerprint density at radius 2 is 2.02 bits per heavy atom. The highest BCUT2D eigenvalue weighted by atomic mass is 32.2. The summed E-state index contributed by atoms with van der Waals surface area (Å²) in [4.78, 5) is 35.0. The van der Waals surface area contributed by atoms with Crippen molar-refractivity contribution in [3.63, 3.8) is 0 Å². The molecule has 1 amide bonds. The van der Waals surface area contributed by atoms with Gasteiger partial charge in [-0.1, -0.05) is 20.8 Å². The Hall–Kier alpha value is -3.38. The molecule has 214 valence electrons. The fraction of sp³-hybridized carbons (Fsp3) is 0.429. The first-order chi connectivity index (χ1) is 19.0. The van der Waals surface area contributed by atoms with Gasteiger partial charge in [0.15, 0.2) is 16.7 Å². The van der Waals surface area contributed by atoms with Crippen LogP contribution in [0.1, 0.15) is 51.6 Å². The zero-order valence-corrected chi connectivity index (χ0v) is 24.5. The monoisotopic (exact) mass is 588 g/mol. The maximum atomic E-state index is 13.4. The van der Waals surface area contributed by atoms with E-state index in [2.05, 4.69) is 31.1 Å². The zero-order chi connectivity index (χ0) is 28.9. The largest absolute Gasteiger partial charge is 0.469 e. The first-order valence-corrected chi connectivity index (χ1v) is 14.7. The highest BCUT2D eigenvalue weighted by Gasteiger charge is 2.39. The van der Waals surface area contributed by atoms with Gasteiger partial charge in [-0.3, -0.25) is 4.79 Å². The van der Waals surface area contributed by atoms with Crippen LogP contribution in [-0.4, -0.2) is 57.5 Å². The minimum absolute atomic E-state index is 0.108. The van der Waals surface area contributed by atoms with Crippen molar-refractivity contribution in [3.05, 3.63) is 53.4 Å². The first-order valence-electron chi connectivity index (χ1n) is 12.9. The number of nitrogens with zero attached hydrogens (tertiary/aromatic N) is 3. The molecule has 0 radical (unpaired) electrons. The number of rotatable bonds is 9. The molecule has 2 N–H and O–H groups in total. The minimum atomic E-state index is -0.884. The van der Waals surface area contributed by atoms with E-state index in [4.69, 9.17) is 14.5 Å². The van der Waals surface area contributed by atoms with Gasteiger partial charge < -0.3 is 24.8 Å². The van der Waals surface area contributed by atoms with E-state index in [0.717, 1.165) is 10.6 Å². The summed E-state index contributed by atoms with van der Waals surface area (Å²) in [5, 5.41) is 15.6. The number of carboxylic acid groups (broad SMARTS) is 1. The third kappa shape index (κ3) is 7.63. The van der Waals surface area contributed by atoms with Crippen LogP contribution < -0.4 is 10.1 Å². The number of anilines is 2. The second-order valence-electron chi connectivity index (χ2n) is 10.5. The minimum Gasteiger partial charge on any atom is -0.469 e. The summed E-state index contributed by atoms with van der Waals surface area (Å²) < 4.78 is 24.2. The van der Waals surface area contributed by atoms with E-state index in [9.17, 15) is 19.1 Å². The summed E-state index contributed by atoms with van der Waals surface area (Å²) in [7, 11) is 1.36. The molecule has 0 saturated carbocycles. The smallest absolute Gasteiger partial charge is 0.407 e. The number of halogens is 1. The van der Waals surface area contributed by atoms with Gasteiger partial charge in [0.2, 0.25) is 0 Å². The fourth-order valence-electron chi connectivity index (χ4n) is 4.58. The van der Waals surface area contributed by atoms with Gasteiger partial charge in [0.25, 0.3) is 0 Å². The molecular weight excluding hydrogens is 555 g/mol. The molecule has 1 aliphatic heterocycles. The summed E-state index contributed by atoms with van der Waals surface area (Å²) in [6.45, 7) is 6.66. The van der Waals surface area contributed by atoms with E-state index in [1.165, 1.54) is 54.5 Å². The van der Waals surface area contributed by atoms with Gasteiger partial charge in [0.05, 0.1) is 19.2 Å². The lowest BCUT2D eigenvalue weighted by molar-refractivity contribution is -0.140. The highest BCUT2D eigenvalue weighted by Crippen LogP contribution is 2.40. The van der Waals surface area contributed by atoms with Crippen LogP contribution in [0.2, 0.25) is 0 Å². The molecule has 2 unspecified atom stereocenters. The number of amides is 1. The molecular formula is C28H33FN4O5S2. The summed E-state index contributed by atoms with van der Waals surface area (Å²) in [5.74, 6) is 1.32. The Balaban J connectivity index is 1.52. The van der Waals surface area contributed by atoms with Crippen LogP contribution >= 0.6 is 23.1 Å². The molecule has 1 saturated heterocycles. The van der Waals surface area contributed by atoms with Gasteiger partial charge in [0.1, 0.15) is 11.6 Å². The number of thiazole rings is 1. The van der Waals surface area contributed by atoms with Crippen molar-refractivity contribution < 1.29 is 28.6 Å². The molecule has 12 heteroatoms. The standard InChI is InChI=1S/C28H33FN4O5S2/c1-28(2,3)23-13-17(9-11-33(23)27(35)36)21-16-40-26(31-21)32-25-22(38-19-7-5-18(29)6-8-19)14-20(15-30-25)39-12-10-24(34)37-4/h5-8,14-17,23H,9-13H2,1-4H3,(H,35,36)(H,30,31,32). The SMILES string of the molecule is COC(=O)CCSc1cnc(Nc2nc(C3CCN(C(=O)O)C(C(C)(C)C)C3)cs2)c(Oc2ccc(F)cc2)c1. The maximum Gasteiger partial charge on any atom is 0.407 e. The molecule has 2 atom stereocenters. The molecule has 4 rings (SSSR count). The molecule has 3 aromatic rings. The fourth-order valence-corrected chi connectivity index (χ4v) is 6.19. The van der Waals surface area contributed by atoms with Gasteiger partial charge >= 0.3 is 12.1 Å². The Labute approximate surface area is 241 Å². The number of nitrogens with one attached hydrogen (secondary N) is 1. The van der Waals surface area contributed by atoms with Gasteiger partial charge in [-0.25, -0.2) is 19.2 Å². The van der Waals surface area contributed by atoms with Gasteiger partial charge in [-0.2, -0.15) is 0 Å². The number of hydrogen-bond donors (Lipinski definition) is 2. The van der Waals surface area contributed by atoms with Gasteiger partial charge in [-0.15, -0.1) is 23.1 Å². The van der Waals surface area contributed by atoms with Crippen LogP contribution in [0.3, 0.4) is 0 Å². The maximum absolute atomic E-state index is 13.4. The summed E-state index contributed by atoms with van der Waals surface area (Å²) in [6, 6.07) is 7.41. The van der Waals surface area contributed by atoms with Crippen molar-refractivity contribution in [1.29, 1.82) is 0 Å². The van der Waals surface area contributed by atoms with E-state index in [0.29, 0.717) is 47.6 Å². The molecule has 40 heavy (non-hydrogen) atoms. The van der Waals surface area contributed by atoms with E-state index < -0.39 is 6.09 Å². The number of ether oxygens (including phenoxy) is 2. The third-order valence-electron chi connectivity index (χ3n) is 6.69. The number of esters is 1. The molecule has 0 bridgehead atoms. The molecule has 1 fully saturated rings. The normalized spacial score (nSPS) is 17.4. The molecule has 1 aromatic carbocycles. The lowest BCUT2D eigenvalue weighted by atomic mass is 9.76. The van der Waals surface area contributed by atoms with Crippen molar-refractivity contribution in [2.75, 3.05) is 24.7 Å². The Bertz CT molecular complexity index is 1330. The van der Waals surface area contributed by atoms with Crippen LogP contribution in [0.15, 0.2) is 46.8 Å². The number of carbonyl (C=O) groups excluding carboxylic acids is 1. The van der Waals surface area contributed by atoms with Crippen molar-refractivity contribution in [1.82, 2.24) is 14.9 Å². The lowest BCUT2D eigenvalue weighted by Crippen LogP contribution is -2.51. The Kier molecular flexibility index (Phi) is 9.52. The number of thioether (sulfide) groups is 1. The second kappa shape index (κ2) is 12.9. The van der Waals surface area contributed by atoms with Crippen molar-refractivity contribution in [3.8, 4) is 11.5 Å². The van der Waals surface area contributed by atoms with Crippen LogP contribution in [0.5, 0.6) is 11.5 Å². The van der Waals surface area contributed by atoms with E-state index in [-0.39, 0.29) is 35.6 Å². The Morgan fingerprint density at radius 1 is 1.27 bits per heavy atom. The first kappa shape index (κ1) is 29.6. The number of aromatic nitrogens is 2. The second-order valence-corrected chi connectivity index (χ2v) is 12.6. The van der Waals surface area contributed by atoms with Crippen LogP contribution in [0.4, 0.5) is 20.1 Å². The molecule has 0 aliphatic carbocycles. The topological polar surface area (TPSA) is 114 Å². The third-order valence-corrected chi connectivity index (χ3v) is 8.43. The Morgan fingerprint density at radius 3 is 2.70 bits per heavy atom. The lowest BCUT2D eigenvalue weighted by Gasteiger charge is -2.44. The van der Waals surface area contributed by atoms with Crippen LogP contribution in [0, 0.1) is 11.2 Å². The highest BCUT2D eigenvalue weighted by molar-refractivity contribution is 7.99. The van der Waals surface area contributed by atoms with E-state index in [1.54, 1.807) is 11.1 Å². The quantitative estimate of drug-likeness (QED) is 0.199. The van der Waals surface area contributed by atoms with Crippen LogP contribution in [-0.2, 0) is 9.53 Å². The summed E-state index contributed by atoms with van der Waals surface area (Å²) in [6.07, 6.45) is 2.47. The van der Waals surface area contributed by atoms with Gasteiger partial charge in [0, 0.05) is 40.7 Å². The summed E-state index contributed by atoms with van der Waals surface area (Å²) in [5.41, 5.74) is 0.726. The van der Waals surface area contributed by atoms with Gasteiger partial charge in [-0.05, 0) is 48.6 Å². The predicted molar refractivity (Wildman–Crippen MR) is 153 cm³/mol. The molecule has 0 spiro atoms. The average molecular weight is 589 g/mol. The van der Waals surface area contributed by atoms with E-state index in [1.807, 2.05) is 11.4 Å². The van der Waals surface area contributed by atoms with Crippen molar-refractivity contribution in [2.24, 2.45) is 5.41 Å². The van der Waals surface area contributed by atoms with Crippen molar-refractivity contribution in [2.45, 2.75) is 56.9 Å². The number of piperidine rings is 1. The van der Waals surface area contributed by atoms with E-state index >= 15 is 0 Å². The molecule has 9 nitrogen and oxygen atoms in total. The molecule has 3 heterocycles. The predicted octanol–water partition coefficient (Wildman–Crippen LogP) is 7.14. The number of likely N-dealkylation sites (tertiary alicyclic amines) is 1. The van der Waals surface area contributed by atoms with Crippen LogP contribution in [0.25, 0.3) is 0 Å². The zero-order valence-electron chi connectivity index (χ0n) is 22.8. The average Bonchev–Trinajstić information content (AvgIpc) is 3.39. The number of methoxy groups -OCH3 is 1. The molecule has 1 aliphatic rings. The number of hydrogen-bond acceptors (Lipinski definition) is 9. The van der Waals surface area contributed by atoms with Crippen molar-refractivity contribution >= 4 is 46.1 Å². The number of pyridine rings is 1. The summed E-state index contributed by atoms with van der Waals surface area (Å²) >= 11 is 2.88.